The molecule has 0 saturated carbocycles. The van der Waals surface area contributed by atoms with E-state index in [-0.39, 0.29) is 5.57 Å². The smallest absolute Gasteiger partial charge is 0.331 e. The molecule has 0 saturated heterocycles. The molecule has 15 heavy (non-hydrogen) atoms. The van der Waals surface area contributed by atoms with Crippen molar-refractivity contribution in [2.24, 2.45) is 0 Å². The fraction of sp³-hybridized carbons (Fsp3) is 0.0909. The van der Waals surface area contributed by atoms with E-state index in [1.165, 1.54) is 7.11 Å². The zero-order chi connectivity index (χ0) is 11.3. The fourth-order valence-electron chi connectivity index (χ4n) is 1.03. The Kier molecular flexibility index (Phi) is 3.90. The van der Waals surface area contributed by atoms with Gasteiger partial charge in [0.1, 0.15) is 6.07 Å². The van der Waals surface area contributed by atoms with Gasteiger partial charge in [-0.05, 0) is 6.07 Å². The molecule has 0 amide bonds. The van der Waals surface area contributed by atoms with Crippen molar-refractivity contribution in [3.05, 3.63) is 40.9 Å². The molecule has 3 nitrogen and oxygen atoms in total. The highest BCUT2D eigenvalue weighted by Crippen LogP contribution is 2.22. The minimum absolute atomic E-state index is 0.187. The number of allylic oxidation sites excluding steroid dienone is 1. The zero-order valence-corrected chi connectivity index (χ0v) is 8.78. The van der Waals surface area contributed by atoms with Crippen LogP contribution in [0.4, 0.5) is 0 Å². The Bertz CT molecular complexity index is 446. The molecule has 0 aliphatic carbocycles. The molecule has 0 N–H and O–H groups in total. The molecule has 76 valence electrons. The van der Waals surface area contributed by atoms with Gasteiger partial charge in [-0.3, -0.25) is 0 Å². The molecule has 0 aliphatic rings. The molecule has 0 radical (unpaired) electrons. The third-order valence-corrected chi connectivity index (χ3v) is 2.08. The quantitative estimate of drug-likeness (QED) is 0.438. The number of methoxy groups -OCH3 is 1. The van der Waals surface area contributed by atoms with Crippen LogP contribution in [0.25, 0.3) is 5.57 Å². The summed E-state index contributed by atoms with van der Waals surface area (Å²) in [5, 5.41) is 9.29. The van der Waals surface area contributed by atoms with E-state index in [2.05, 4.69) is 4.74 Å². The summed E-state index contributed by atoms with van der Waals surface area (Å²) < 4.78 is 4.43. The predicted molar refractivity (Wildman–Crippen MR) is 57.1 cm³/mol. The maximum atomic E-state index is 11.0. The van der Waals surface area contributed by atoms with Crippen molar-refractivity contribution in [3.63, 3.8) is 0 Å². The first kappa shape index (κ1) is 11.3. The third kappa shape index (κ3) is 2.83. The normalized spacial score (nSPS) is 10.6. The van der Waals surface area contributed by atoms with Crippen LogP contribution in [0.2, 0.25) is 5.02 Å². The van der Waals surface area contributed by atoms with E-state index in [0.717, 1.165) is 6.08 Å². The molecule has 0 atom stereocenters. The number of hydrogen-bond acceptors (Lipinski definition) is 3. The van der Waals surface area contributed by atoms with E-state index in [0.29, 0.717) is 10.6 Å². The van der Waals surface area contributed by atoms with E-state index < -0.39 is 5.97 Å². The lowest BCUT2D eigenvalue weighted by Crippen LogP contribution is -1.96. The molecule has 0 spiro atoms. The molecule has 4 heteroatoms. The van der Waals surface area contributed by atoms with Gasteiger partial charge in [-0.25, -0.2) is 4.79 Å². The Morgan fingerprint density at radius 1 is 1.53 bits per heavy atom. The number of ether oxygens (including phenoxy) is 1. The van der Waals surface area contributed by atoms with E-state index in [9.17, 15) is 4.79 Å². The number of carbonyl (C=O) groups excluding carboxylic acids is 1. The molecule has 1 aromatic carbocycles. The Labute approximate surface area is 92.5 Å². The van der Waals surface area contributed by atoms with E-state index >= 15 is 0 Å². The lowest BCUT2D eigenvalue weighted by molar-refractivity contribution is -0.134. The van der Waals surface area contributed by atoms with Crippen molar-refractivity contribution in [3.8, 4) is 6.07 Å². The zero-order valence-electron chi connectivity index (χ0n) is 8.03. The highest BCUT2D eigenvalue weighted by atomic mass is 35.5. The third-order valence-electron chi connectivity index (χ3n) is 1.75. The van der Waals surface area contributed by atoms with Gasteiger partial charge < -0.3 is 4.74 Å². The first-order valence-corrected chi connectivity index (χ1v) is 4.51. The minimum atomic E-state index is -0.577. The standard InChI is InChI=1S/C11H8ClNO2/c1-15-11(14)6-8(7-13)9-4-2-3-5-10(9)12/h2-6H,1H3. The number of nitriles is 1. The number of halogens is 1. The van der Waals surface area contributed by atoms with Gasteiger partial charge in [0.2, 0.25) is 0 Å². The van der Waals surface area contributed by atoms with Gasteiger partial charge in [-0.1, -0.05) is 29.8 Å². The van der Waals surface area contributed by atoms with Crippen LogP contribution in [0.15, 0.2) is 30.3 Å². The van der Waals surface area contributed by atoms with E-state index in [1.54, 1.807) is 24.3 Å². The summed E-state index contributed by atoms with van der Waals surface area (Å²) in [7, 11) is 1.25. The number of rotatable bonds is 2. The summed E-state index contributed by atoms with van der Waals surface area (Å²) >= 11 is 5.88. The molecular formula is C11H8ClNO2. The molecule has 0 unspecified atom stereocenters. The molecule has 1 rings (SSSR count). The number of esters is 1. The highest BCUT2D eigenvalue weighted by Gasteiger charge is 2.07. The summed E-state index contributed by atoms with van der Waals surface area (Å²) in [6.07, 6.45) is 1.11. The van der Waals surface area contributed by atoms with Gasteiger partial charge in [0.15, 0.2) is 0 Å². The van der Waals surface area contributed by atoms with Crippen LogP contribution >= 0.6 is 11.6 Å². The summed E-state index contributed by atoms with van der Waals surface area (Å²) in [5.74, 6) is -0.577. The van der Waals surface area contributed by atoms with Gasteiger partial charge in [-0.2, -0.15) is 5.26 Å². The summed E-state index contributed by atoms with van der Waals surface area (Å²) in [6.45, 7) is 0. The van der Waals surface area contributed by atoms with Crippen molar-refractivity contribution in [1.82, 2.24) is 0 Å². The second-order valence-corrected chi connectivity index (χ2v) is 3.08. The van der Waals surface area contributed by atoms with E-state index in [4.69, 9.17) is 16.9 Å². The first-order valence-electron chi connectivity index (χ1n) is 4.13. The van der Waals surface area contributed by atoms with Crippen molar-refractivity contribution >= 4 is 23.1 Å². The maximum Gasteiger partial charge on any atom is 0.331 e. The first-order chi connectivity index (χ1) is 7.19. The van der Waals surface area contributed by atoms with Crippen LogP contribution < -0.4 is 0 Å². The second kappa shape index (κ2) is 5.18. The van der Waals surface area contributed by atoms with Gasteiger partial charge in [0, 0.05) is 16.7 Å². The van der Waals surface area contributed by atoms with Crippen molar-refractivity contribution in [2.75, 3.05) is 7.11 Å². The van der Waals surface area contributed by atoms with Crippen LogP contribution in [0.5, 0.6) is 0 Å². The lowest BCUT2D eigenvalue weighted by Gasteiger charge is -2.00. The molecule has 1 aromatic rings. The molecule has 0 aliphatic heterocycles. The average molecular weight is 222 g/mol. The summed E-state index contributed by atoms with van der Waals surface area (Å²) in [6, 6.07) is 8.71. The Morgan fingerprint density at radius 3 is 2.73 bits per heavy atom. The molecule has 0 aromatic heterocycles. The van der Waals surface area contributed by atoms with Gasteiger partial charge in [0.25, 0.3) is 0 Å². The number of carbonyl (C=O) groups is 1. The van der Waals surface area contributed by atoms with Crippen molar-refractivity contribution in [1.29, 1.82) is 5.26 Å². The van der Waals surface area contributed by atoms with Crippen molar-refractivity contribution < 1.29 is 9.53 Å². The van der Waals surface area contributed by atoms with Gasteiger partial charge >= 0.3 is 5.97 Å². The predicted octanol–water partition coefficient (Wildman–Crippen LogP) is 2.42. The average Bonchev–Trinajstić information content (AvgIpc) is 2.26. The van der Waals surface area contributed by atoms with Gasteiger partial charge in [0.05, 0.1) is 12.7 Å². The van der Waals surface area contributed by atoms with Crippen LogP contribution in [0.1, 0.15) is 5.56 Å². The van der Waals surface area contributed by atoms with E-state index in [1.807, 2.05) is 6.07 Å². The van der Waals surface area contributed by atoms with Crippen LogP contribution in [0.3, 0.4) is 0 Å². The second-order valence-electron chi connectivity index (χ2n) is 2.67. The topological polar surface area (TPSA) is 50.1 Å². The summed E-state index contributed by atoms with van der Waals surface area (Å²) in [5.41, 5.74) is 0.708. The summed E-state index contributed by atoms with van der Waals surface area (Å²) in [4.78, 5) is 11.0. The molecule has 0 bridgehead atoms. The van der Waals surface area contributed by atoms with Crippen LogP contribution in [-0.4, -0.2) is 13.1 Å². The Morgan fingerprint density at radius 2 is 2.20 bits per heavy atom. The highest BCUT2D eigenvalue weighted by molar-refractivity contribution is 6.32. The fourth-order valence-corrected chi connectivity index (χ4v) is 1.26. The number of benzene rings is 1. The largest absolute Gasteiger partial charge is 0.466 e. The van der Waals surface area contributed by atoms with Crippen LogP contribution in [-0.2, 0) is 9.53 Å². The van der Waals surface area contributed by atoms with Crippen molar-refractivity contribution in [2.45, 2.75) is 0 Å². The van der Waals surface area contributed by atoms with Gasteiger partial charge in [-0.15, -0.1) is 0 Å². The molecule has 0 fully saturated rings. The maximum absolute atomic E-state index is 11.0. The number of nitrogens with zero attached hydrogens (tertiary/aromatic N) is 1. The minimum Gasteiger partial charge on any atom is -0.466 e. The lowest BCUT2D eigenvalue weighted by atomic mass is 10.1. The SMILES string of the molecule is COC(=O)C=C(C#N)c1ccccc1Cl. The van der Waals surface area contributed by atoms with Crippen LogP contribution in [0, 0.1) is 11.3 Å². The molecule has 0 heterocycles. The molecular weight excluding hydrogens is 214 g/mol. The Hall–Kier alpha value is -1.79. The Balaban J connectivity index is 3.16. The number of hydrogen-bond donors (Lipinski definition) is 0. The monoisotopic (exact) mass is 221 g/mol.